The highest BCUT2D eigenvalue weighted by Crippen LogP contribution is 2.13. The Labute approximate surface area is 81.2 Å². The second kappa shape index (κ2) is 4.58. The first-order valence-corrected chi connectivity index (χ1v) is 5.06. The van der Waals surface area contributed by atoms with E-state index in [0.29, 0.717) is 0 Å². The van der Waals surface area contributed by atoms with Crippen molar-refractivity contribution < 1.29 is 4.39 Å². The molecule has 0 bridgehead atoms. The summed E-state index contributed by atoms with van der Waals surface area (Å²) >= 11 is 6.70. The van der Waals surface area contributed by atoms with Crippen molar-refractivity contribution in [1.82, 2.24) is 0 Å². The smallest absolute Gasteiger partial charge is 0.123 e. The molecule has 0 heterocycles. The first-order valence-electron chi connectivity index (χ1n) is 3.66. The third-order valence-corrected chi connectivity index (χ3v) is 2.73. The summed E-state index contributed by atoms with van der Waals surface area (Å²) in [6, 6.07) is 6.27. The molecule has 0 aliphatic carbocycles. The molecule has 64 valence electrons. The van der Waals surface area contributed by atoms with E-state index in [1.54, 1.807) is 23.9 Å². The van der Waals surface area contributed by atoms with Crippen molar-refractivity contribution in [2.24, 2.45) is 0 Å². The first kappa shape index (κ1) is 9.68. The van der Waals surface area contributed by atoms with Gasteiger partial charge in [0.05, 0.1) is 4.20 Å². The van der Waals surface area contributed by atoms with Crippen LogP contribution < -0.4 is 0 Å². The molecule has 1 aromatic carbocycles. The van der Waals surface area contributed by atoms with E-state index >= 15 is 0 Å². The second-order valence-electron chi connectivity index (χ2n) is 2.23. The van der Waals surface area contributed by atoms with Gasteiger partial charge in [-0.15, -0.1) is 11.8 Å². The van der Waals surface area contributed by atoms with Crippen molar-refractivity contribution >= 4 is 28.2 Å². The van der Waals surface area contributed by atoms with Crippen LogP contribution in [-0.2, 0) is 0 Å². The van der Waals surface area contributed by atoms with E-state index in [1.807, 2.05) is 6.92 Å². The fraction of sp³-hybridized carbons (Fsp3) is 0.222. The van der Waals surface area contributed by atoms with E-state index in [4.69, 9.17) is 12.2 Å². The Morgan fingerprint density at radius 2 is 2.00 bits per heavy atom. The van der Waals surface area contributed by atoms with Crippen LogP contribution in [0.5, 0.6) is 0 Å². The minimum absolute atomic E-state index is 0.219. The third-order valence-electron chi connectivity index (χ3n) is 1.36. The highest BCUT2D eigenvalue weighted by atomic mass is 32.2. The van der Waals surface area contributed by atoms with Gasteiger partial charge in [0.2, 0.25) is 0 Å². The van der Waals surface area contributed by atoms with Crippen LogP contribution in [0.15, 0.2) is 24.3 Å². The summed E-state index contributed by atoms with van der Waals surface area (Å²) < 4.78 is 13.3. The zero-order valence-corrected chi connectivity index (χ0v) is 8.34. The van der Waals surface area contributed by atoms with Gasteiger partial charge in [-0.2, -0.15) is 0 Å². The molecule has 0 fully saturated rings. The molecule has 0 saturated carbocycles. The predicted molar refractivity (Wildman–Crippen MR) is 56.2 cm³/mol. The topological polar surface area (TPSA) is 0 Å². The molecular weight excluding hydrogens is 191 g/mol. The molecule has 0 saturated heterocycles. The van der Waals surface area contributed by atoms with E-state index in [2.05, 4.69) is 0 Å². The molecule has 0 N–H and O–H groups in total. The standard InChI is InChI=1S/C9H9FS2/c1-2-12-9(11)7-3-5-8(10)6-4-7/h3-6H,2H2,1H3. The van der Waals surface area contributed by atoms with Gasteiger partial charge in [0, 0.05) is 0 Å². The number of benzene rings is 1. The first-order chi connectivity index (χ1) is 5.74. The van der Waals surface area contributed by atoms with Crippen molar-refractivity contribution in [1.29, 1.82) is 0 Å². The summed E-state index contributed by atoms with van der Waals surface area (Å²) in [5.74, 6) is 0.735. The van der Waals surface area contributed by atoms with Gasteiger partial charge in [0.1, 0.15) is 5.82 Å². The maximum atomic E-state index is 12.5. The van der Waals surface area contributed by atoms with E-state index in [1.165, 1.54) is 12.1 Å². The van der Waals surface area contributed by atoms with E-state index in [0.717, 1.165) is 15.5 Å². The van der Waals surface area contributed by atoms with Gasteiger partial charge in [-0.25, -0.2) is 4.39 Å². The lowest BCUT2D eigenvalue weighted by molar-refractivity contribution is 0.628. The van der Waals surface area contributed by atoms with Gasteiger partial charge in [-0.1, -0.05) is 31.3 Å². The number of halogens is 1. The van der Waals surface area contributed by atoms with E-state index < -0.39 is 0 Å². The highest BCUT2D eigenvalue weighted by molar-refractivity contribution is 8.23. The van der Waals surface area contributed by atoms with Crippen molar-refractivity contribution in [2.75, 3.05) is 5.75 Å². The van der Waals surface area contributed by atoms with Crippen LogP contribution in [0.1, 0.15) is 12.5 Å². The summed E-state index contributed by atoms with van der Waals surface area (Å²) in [4.78, 5) is 0. The summed E-state index contributed by atoms with van der Waals surface area (Å²) in [6.45, 7) is 2.04. The van der Waals surface area contributed by atoms with Crippen LogP contribution >= 0.6 is 24.0 Å². The lowest BCUT2D eigenvalue weighted by Crippen LogP contribution is -1.91. The summed E-state index contributed by atoms with van der Waals surface area (Å²) in [5, 5.41) is 0. The molecule has 0 nitrogen and oxygen atoms in total. The molecule has 3 heteroatoms. The predicted octanol–water partition coefficient (Wildman–Crippen LogP) is 3.25. The van der Waals surface area contributed by atoms with Crippen molar-refractivity contribution in [3.63, 3.8) is 0 Å². The van der Waals surface area contributed by atoms with Gasteiger partial charge in [-0.05, 0) is 23.4 Å². The normalized spacial score (nSPS) is 9.83. The molecule has 0 atom stereocenters. The molecule has 0 amide bonds. The molecular formula is C9H9FS2. The molecule has 1 aromatic rings. The Morgan fingerprint density at radius 1 is 1.42 bits per heavy atom. The molecule has 12 heavy (non-hydrogen) atoms. The molecule has 0 spiro atoms. The average molecular weight is 200 g/mol. The van der Waals surface area contributed by atoms with Crippen molar-refractivity contribution in [3.8, 4) is 0 Å². The van der Waals surface area contributed by atoms with Crippen LogP contribution in [0.3, 0.4) is 0 Å². The number of thiocarbonyl (C=S) groups is 1. The fourth-order valence-electron chi connectivity index (χ4n) is 0.800. The Balaban J connectivity index is 2.75. The van der Waals surface area contributed by atoms with Gasteiger partial charge in [0.25, 0.3) is 0 Å². The second-order valence-corrected chi connectivity index (χ2v) is 4.17. The number of thioether (sulfide) groups is 1. The third kappa shape index (κ3) is 2.57. The molecule has 0 aliphatic rings. The van der Waals surface area contributed by atoms with E-state index in [-0.39, 0.29) is 5.82 Å². The minimum atomic E-state index is -0.219. The van der Waals surface area contributed by atoms with Crippen LogP contribution in [0.25, 0.3) is 0 Å². The van der Waals surface area contributed by atoms with Crippen LogP contribution in [0, 0.1) is 5.82 Å². The molecule has 1 rings (SSSR count). The summed E-state index contributed by atoms with van der Waals surface area (Å²) in [6.07, 6.45) is 0. The zero-order chi connectivity index (χ0) is 8.97. The van der Waals surface area contributed by atoms with Crippen LogP contribution in [0.4, 0.5) is 4.39 Å². The van der Waals surface area contributed by atoms with Gasteiger partial charge in [-0.3, -0.25) is 0 Å². The Kier molecular flexibility index (Phi) is 3.69. The molecule has 0 aromatic heterocycles. The monoisotopic (exact) mass is 200 g/mol. The Hall–Kier alpha value is -0.410. The molecule has 0 aliphatic heterocycles. The van der Waals surface area contributed by atoms with Crippen LogP contribution in [-0.4, -0.2) is 9.95 Å². The molecule has 0 radical (unpaired) electrons. The number of hydrogen-bond acceptors (Lipinski definition) is 2. The number of hydrogen-bond donors (Lipinski definition) is 0. The Bertz CT molecular complexity index is 266. The zero-order valence-electron chi connectivity index (χ0n) is 6.71. The van der Waals surface area contributed by atoms with Crippen molar-refractivity contribution in [2.45, 2.75) is 6.92 Å². The molecule has 0 unspecified atom stereocenters. The highest BCUT2D eigenvalue weighted by Gasteiger charge is 1.99. The van der Waals surface area contributed by atoms with Gasteiger partial charge >= 0.3 is 0 Å². The lowest BCUT2D eigenvalue weighted by Gasteiger charge is -2.00. The quantitative estimate of drug-likeness (QED) is 0.672. The fourth-order valence-corrected chi connectivity index (χ4v) is 1.85. The van der Waals surface area contributed by atoms with Gasteiger partial charge in [0.15, 0.2) is 0 Å². The maximum Gasteiger partial charge on any atom is 0.123 e. The largest absolute Gasteiger partial charge is 0.207 e. The van der Waals surface area contributed by atoms with E-state index in [9.17, 15) is 4.39 Å². The maximum absolute atomic E-state index is 12.5. The minimum Gasteiger partial charge on any atom is -0.207 e. The lowest BCUT2D eigenvalue weighted by atomic mass is 10.2. The number of rotatable bonds is 2. The van der Waals surface area contributed by atoms with Crippen molar-refractivity contribution in [3.05, 3.63) is 35.6 Å². The summed E-state index contributed by atoms with van der Waals surface area (Å²) in [5.41, 5.74) is 0.929. The summed E-state index contributed by atoms with van der Waals surface area (Å²) in [7, 11) is 0. The SMILES string of the molecule is CCSC(=S)c1ccc(F)cc1. The Morgan fingerprint density at radius 3 is 2.50 bits per heavy atom. The van der Waals surface area contributed by atoms with Gasteiger partial charge < -0.3 is 0 Å². The average Bonchev–Trinajstić information content (AvgIpc) is 2.06. The van der Waals surface area contributed by atoms with Crippen LogP contribution in [0.2, 0.25) is 0 Å².